The number of nitrogens with one attached hydrogen (secondary N) is 2. The van der Waals surface area contributed by atoms with Crippen molar-refractivity contribution in [3.05, 3.63) is 65.7 Å². The van der Waals surface area contributed by atoms with Crippen molar-refractivity contribution < 1.29 is 13.5 Å². The zero-order valence-corrected chi connectivity index (χ0v) is 19.4. The molecule has 1 aliphatic heterocycles. The van der Waals surface area contributed by atoms with Crippen molar-refractivity contribution in [2.24, 2.45) is 4.99 Å². The number of likely N-dealkylation sites (tertiary alicyclic amines) is 1. The van der Waals surface area contributed by atoms with Crippen LogP contribution in [0.15, 0.2) is 59.6 Å². The largest absolute Gasteiger partial charge is 0.435 e. The number of rotatable bonds is 7. The van der Waals surface area contributed by atoms with Crippen LogP contribution in [-0.4, -0.2) is 43.6 Å². The van der Waals surface area contributed by atoms with Gasteiger partial charge in [0.2, 0.25) is 0 Å². The lowest BCUT2D eigenvalue weighted by molar-refractivity contribution is -0.0498. The highest BCUT2D eigenvalue weighted by atomic mass is 127. The van der Waals surface area contributed by atoms with Gasteiger partial charge < -0.3 is 15.4 Å². The number of aliphatic imine (C=N–C) groups is 1. The molecule has 1 aliphatic rings. The average molecular weight is 530 g/mol. The summed E-state index contributed by atoms with van der Waals surface area (Å²) in [6, 6.07) is 17.6. The van der Waals surface area contributed by atoms with Crippen LogP contribution in [0.3, 0.4) is 0 Å². The molecule has 0 unspecified atom stereocenters. The molecule has 1 fully saturated rings. The molecule has 0 aromatic heterocycles. The predicted octanol–water partition coefficient (Wildman–Crippen LogP) is 4.24. The molecule has 0 spiro atoms. The summed E-state index contributed by atoms with van der Waals surface area (Å²) in [5.41, 5.74) is 2.19. The first-order valence-corrected chi connectivity index (χ1v) is 9.89. The third kappa shape index (κ3) is 8.06. The van der Waals surface area contributed by atoms with Crippen molar-refractivity contribution in [1.82, 2.24) is 15.5 Å². The molecule has 0 atom stereocenters. The SMILES string of the molecule is CN=C(NCc1cccc(OC(F)F)c1)NC1CCN(Cc2ccccc2)CC1.I. The first-order valence-electron chi connectivity index (χ1n) is 9.89. The van der Waals surface area contributed by atoms with Gasteiger partial charge in [-0.25, -0.2) is 0 Å². The molecule has 3 rings (SSSR count). The molecule has 2 N–H and O–H groups in total. The van der Waals surface area contributed by atoms with Crippen molar-refractivity contribution in [2.45, 2.75) is 38.6 Å². The smallest absolute Gasteiger partial charge is 0.387 e. The molecule has 0 aliphatic carbocycles. The molecular weight excluding hydrogens is 501 g/mol. The second kappa shape index (κ2) is 12.7. The summed E-state index contributed by atoms with van der Waals surface area (Å²) in [4.78, 5) is 6.75. The Hall–Kier alpha value is -1.94. The van der Waals surface area contributed by atoms with Crippen molar-refractivity contribution in [1.29, 1.82) is 0 Å². The van der Waals surface area contributed by atoms with Gasteiger partial charge in [0.15, 0.2) is 5.96 Å². The Kier molecular flexibility index (Phi) is 10.3. The quantitative estimate of drug-likeness (QED) is 0.320. The average Bonchev–Trinajstić information content (AvgIpc) is 2.73. The second-order valence-corrected chi connectivity index (χ2v) is 7.13. The number of guanidine groups is 1. The topological polar surface area (TPSA) is 48.9 Å². The van der Waals surface area contributed by atoms with Crippen molar-refractivity contribution in [3.63, 3.8) is 0 Å². The normalized spacial score (nSPS) is 15.5. The van der Waals surface area contributed by atoms with Crippen LogP contribution in [0.2, 0.25) is 0 Å². The maximum absolute atomic E-state index is 12.4. The molecule has 1 saturated heterocycles. The summed E-state index contributed by atoms with van der Waals surface area (Å²) >= 11 is 0. The zero-order valence-electron chi connectivity index (χ0n) is 17.1. The number of piperidine rings is 1. The molecule has 0 bridgehead atoms. The molecule has 1 heterocycles. The van der Waals surface area contributed by atoms with E-state index in [9.17, 15) is 8.78 Å². The summed E-state index contributed by atoms with van der Waals surface area (Å²) < 4.78 is 29.2. The van der Waals surface area contributed by atoms with E-state index in [2.05, 4.69) is 49.5 Å². The van der Waals surface area contributed by atoms with Crippen LogP contribution in [-0.2, 0) is 13.1 Å². The third-order valence-electron chi connectivity index (χ3n) is 4.98. The molecule has 164 valence electrons. The fraction of sp³-hybridized carbons (Fsp3) is 0.409. The molecule has 0 radical (unpaired) electrons. The lowest BCUT2D eigenvalue weighted by Gasteiger charge is -2.33. The van der Waals surface area contributed by atoms with E-state index in [1.54, 1.807) is 19.2 Å². The van der Waals surface area contributed by atoms with Gasteiger partial charge in [0.25, 0.3) is 0 Å². The van der Waals surface area contributed by atoms with E-state index < -0.39 is 6.61 Å². The first kappa shape index (κ1) is 24.3. The number of hydrogen-bond donors (Lipinski definition) is 2. The molecule has 0 saturated carbocycles. The molecule has 8 heteroatoms. The van der Waals surface area contributed by atoms with Gasteiger partial charge in [0.05, 0.1) is 0 Å². The van der Waals surface area contributed by atoms with E-state index in [0.29, 0.717) is 18.5 Å². The summed E-state index contributed by atoms with van der Waals surface area (Å²) in [6.45, 7) is 0.720. The van der Waals surface area contributed by atoms with Gasteiger partial charge in [-0.2, -0.15) is 8.78 Å². The lowest BCUT2D eigenvalue weighted by Crippen LogP contribution is -2.48. The number of halogens is 3. The monoisotopic (exact) mass is 530 g/mol. The Labute approximate surface area is 193 Å². The molecular formula is C22H29F2IN4O. The van der Waals surface area contributed by atoms with Crippen molar-refractivity contribution in [2.75, 3.05) is 20.1 Å². The van der Waals surface area contributed by atoms with Crippen LogP contribution in [0.1, 0.15) is 24.0 Å². The maximum Gasteiger partial charge on any atom is 0.387 e. The molecule has 0 amide bonds. The fourth-order valence-corrected chi connectivity index (χ4v) is 3.48. The standard InChI is InChI=1S/C22H28F2N4O.HI/c1-25-22(26-15-18-8-5-9-20(14-18)29-21(23)24)27-19-10-12-28(13-11-19)16-17-6-3-2-4-7-17;/h2-9,14,19,21H,10-13,15-16H2,1H3,(H2,25,26,27);1H. The minimum Gasteiger partial charge on any atom is -0.435 e. The number of hydrogen-bond acceptors (Lipinski definition) is 3. The first-order chi connectivity index (χ1) is 14.1. The highest BCUT2D eigenvalue weighted by Gasteiger charge is 2.20. The predicted molar refractivity (Wildman–Crippen MR) is 127 cm³/mol. The van der Waals surface area contributed by atoms with Crippen LogP contribution in [0, 0.1) is 0 Å². The van der Waals surface area contributed by atoms with Gasteiger partial charge in [-0.05, 0) is 36.1 Å². The highest BCUT2D eigenvalue weighted by molar-refractivity contribution is 14.0. The van der Waals surface area contributed by atoms with Gasteiger partial charge in [0, 0.05) is 39.3 Å². The lowest BCUT2D eigenvalue weighted by atomic mass is 10.0. The van der Waals surface area contributed by atoms with E-state index in [4.69, 9.17) is 0 Å². The summed E-state index contributed by atoms with van der Waals surface area (Å²) in [5, 5.41) is 6.71. The van der Waals surface area contributed by atoms with Crippen LogP contribution in [0.5, 0.6) is 5.75 Å². The zero-order chi connectivity index (χ0) is 20.5. The van der Waals surface area contributed by atoms with E-state index in [1.165, 1.54) is 11.6 Å². The Bertz CT molecular complexity index is 784. The fourth-order valence-electron chi connectivity index (χ4n) is 3.48. The number of alkyl halides is 2. The van der Waals surface area contributed by atoms with Gasteiger partial charge in [-0.1, -0.05) is 42.5 Å². The Morgan fingerprint density at radius 1 is 1.10 bits per heavy atom. The summed E-state index contributed by atoms with van der Waals surface area (Å²) in [6.07, 6.45) is 2.09. The molecule has 2 aromatic rings. The van der Waals surface area contributed by atoms with E-state index in [-0.39, 0.29) is 29.7 Å². The number of benzene rings is 2. The Morgan fingerprint density at radius 3 is 2.47 bits per heavy atom. The van der Waals surface area contributed by atoms with E-state index >= 15 is 0 Å². The number of nitrogens with zero attached hydrogens (tertiary/aromatic N) is 2. The molecule has 30 heavy (non-hydrogen) atoms. The van der Waals surface area contributed by atoms with E-state index in [0.717, 1.165) is 38.0 Å². The minimum absolute atomic E-state index is 0. The van der Waals surface area contributed by atoms with Gasteiger partial charge >= 0.3 is 6.61 Å². The highest BCUT2D eigenvalue weighted by Crippen LogP contribution is 2.16. The summed E-state index contributed by atoms with van der Waals surface area (Å²) in [7, 11) is 1.73. The second-order valence-electron chi connectivity index (χ2n) is 7.13. The van der Waals surface area contributed by atoms with Crippen molar-refractivity contribution in [3.8, 4) is 5.75 Å². The minimum atomic E-state index is -2.82. The Morgan fingerprint density at radius 2 is 1.80 bits per heavy atom. The maximum atomic E-state index is 12.4. The van der Waals surface area contributed by atoms with Gasteiger partial charge in [-0.15, -0.1) is 24.0 Å². The third-order valence-corrected chi connectivity index (χ3v) is 4.98. The van der Waals surface area contributed by atoms with E-state index in [1.807, 2.05) is 12.1 Å². The van der Waals surface area contributed by atoms with Crippen LogP contribution in [0.25, 0.3) is 0 Å². The van der Waals surface area contributed by atoms with Crippen molar-refractivity contribution >= 4 is 29.9 Å². The van der Waals surface area contributed by atoms with Crippen LogP contribution in [0.4, 0.5) is 8.78 Å². The summed E-state index contributed by atoms with van der Waals surface area (Å²) in [5.74, 6) is 0.875. The molecule has 2 aromatic carbocycles. The number of ether oxygens (including phenoxy) is 1. The van der Waals surface area contributed by atoms with Crippen LogP contribution < -0.4 is 15.4 Å². The van der Waals surface area contributed by atoms with Gasteiger partial charge in [-0.3, -0.25) is 9.89 Å². The molecule has 5 nitrogen and oxygen atoms in total. The Balaban J connectivity index is 0.00000320. The van der Waals surface area contributed by atoms with Gasteiger partial charge in [0.1, 0.15) is 5.75 Å². The van der Waals surface area contributed by atoms with Crippen LogP contribution >= 0.6 is 24.0 Å².